The Labute approximate surface area is 53.8 Å². The van der Waals surface area contributed by atoms with Crippen LogP contribution in [-0.2, 0) is 0 Å². The molecule has 1 aromatic rings. The van der Waals surface area contributed by atoms with Crippen LogP contribution < -0.4 is 4.74 Å². The Morgan fingerprint density at radius 1 is 1.50 bits per heavy atom. The molecular formula is C4H3F3N2O. The van der Waals surface area contributed by atoms with E-state index >= 15 is 0 Å². The lowest BCUT2D eigenvalue weighted by Crippen LogP contribution is -2.16. The molecule has 0 spiro atoms. The maximum absolute atomic E-state index is 11.4. The summed E-state index contributed by atoms with van der Waals surface area (Å²) in [5, 5.41) is 5.43. The first-order chi connectivity index (χ1) is 4.58. The minimum absolute atomic E-state index is 0.340. The molecule has 0 atom stereocenters. The van der Waals surface area contributed by atoms with E-state index in [9.17, 15) is 13.2 Å². The van der Waals surface area contributed by atoms with Crippen LogP contribution in [0.3, 0.4) is 0 Å². The topological polar surface area (TPSA) is 37.9 Å². The van der Waals surface area contributed by atoms with E-state index < -0.39 is 6.36 Å². The highest BCUT2D eigenvalue weighted by atomic mass is 19.4. The highest BCUT2D eigenvalue weighted by molar-refractivity contribution is 5.10. The van der Waals surface area contributed by atoms with E-state index in [4.69, 9.17) is 0 Å². The quantitative estimate of drug-likeness (QED) is 0.658. The summed E-state index contributed by atoms with van der Waals surface area (Å²) in [4.78, 5) is 0. The van der Waals surface area contributed by atoms with Gasteiger partial charge in [-0.25, -0.2) is 0 Å². The molecule has 0 saturated heterocycles. The van der Waals surface area contributed by atoms with Crippen molar-refractivity contribution in [3.05, 3.63) is 12.4 Å². The Balaban J connectivity index is 2.57. The molecule has 56 valence electrons. The molecule has 0 unspecified atom stereocenters. The Morgan fingerprint density at radius 3 is 2.60 bits per heavy atom. The molecule has 1 heterocycles. The highest BCUT2D eigenvalue weighted by Crippen LogP contribution is 2.20. The number of halogens is 3. The molecule has 0 aromatic carbocycles. The molecule has 0 aliphatic rings. The number of alkyl halides is 3. The van der Waals surface area contributed by atoms with Crippen molar-refractivity contribution >= 4 is 0 Å². The molecule has 1 aromatic heterocycles. The summed E-state index contributed by atoms with van der Waals surface area (Å²) in [7, 11) is 0. The third-order valence-electron chi connectivity index (χ3n) is 0.707. The van der Waals surface area contributed by atoms with Gasteiger partial charge in [0.05, 0.1) is 12.4 Å². The van der Waals surface area contributed by atoms with Crippen molar-refractivity contribution in [1.82, 2.24) is 10.2 Å². The summed E-state index contributed by atoms with van der Waals surface area (Å²) >= 11 is 0. The minimum Gasteiger partial charge on any atom is -0.402 e. The standard InChI is InChI=1S/C4H3F3N2O/c5-4(6,7)10-3-1-8-9-2-3/h1-2H,(H,8,9). The van der Waals surface area contributed by atoms with Gasteiger partial charge in [0.15, 0.2) is 5.75 Å². The van der Waals surface area contributed by atoms with E-state index in [-0.39, 0.29) is 5.75 Å². The number of H-pyrrole nitrogens is 1. The van der Waals surface area contributed by atoms with Crippen LogP contribution in [0, 0.1) is 0 Å². The van der Waals surface area contributed by atoms with Gasteiger partial charge < -0.3 is 4.74 Å². The Bertz CT molecular complexity index is 193. The second kappa shape index (κ2) is 2.20. The molecule has 0 fully saturated rings. The molecular weight excluding hydrogens is 149 g/mol. The van der Waals surface area contributed by atoms with Crippen molar-refractivity contribution in [1.29, 1.82) is 0 Å². The minimum atomic E-state index is -4.64. The van der Waals surface area contributed by atoms with E-state index in [1.54, 1.807) is 0 Å². The first-order valence-electron chi connectivity index (χ1n) is 2.32. The van der Waals surface area contributed by atoms with Crippen LogP contribution in [0.4, 0.5) is 13.2 Å². The number of hydrogen-bond acceptors (Lipinski definition) is 2. The van der Waals surface area contributed by atoms with Gasteiger partial charge in [0, 0.05) is 0 Å². The molecule has 1 N–H and O–H groups in total. The van der Waals surface area contributed by atoms with Crippen molar-refractivity contribution in [2.45, 2.75) is 6.36 Å². The number of aromatic amines is 1. The van der Waals surface area contributed by atoms with Crippen molar-refractivity contribution in [2.24, 2.45) is 0 Å². The molecule has 0 radical (unpaired) electrons. The molecule has 6 heteroatoms. The summed E-state index contributed by atoms with van der Waals surface area (Å²) in [6.45, 7) is 0. The molecule has 0 saturated carbocycles. The number of aromatic nitrogens is 2. The van der Waals surface area contributed by atoms with Gasteiger partial charge in [0.1, 0.15) is 0 Å². The van der Waals surface area contributed by atoms with E-state index in [0.29, 0.717) is 0 Å². The first kappa shape index (κ1) is 6.91. The third-order valence-corrected chi connectivity index (χ3v) is 0.707. The van der Waals surface area contributed by atoms with Gasteiger partial charge in [0.25, 0.3) is 0 Å². The smallest absolute Gasteiger partial charge is 0.402 e. The second-order valence-corrected chi connectivity index (χ2v) is 1.48. The third kappa shape index (κ3) is 1.96. The van der Waals surface area contributed by atoms with E-state index in [2.05, 4.69) is 14.9 Å². The van der Waals surface area contributed by atoms with E-state index in [1.165, 1.54) is 0 Å². The molecule has 0 aliphatic heterocycles. The molecule has 10 heavy (non-hydrogen) atoms. The largest absolute Gasteiger partial charge is 0.573 e. The summed E-state index contributed by atoms with van der Waals surface area (Å²) in [5.74, 6) is -0.340. The van der Waals surface area contributed by atoms with E-state index in [0.717, 1.165) is 12.4 Å². The number of nitrogens with zero attached hydrogens (tertiary/aromatic N) is 1. The predicted octanol–water partition coefficient (Wildman–Crippen LogP) is 1.31. The Kier molecular flexibility index (Phi) is 1.52. The molecule has 1 rings (SSSR count). The van der Waals surface area contributed by atoms with Gasteiger partial charge in [-0.2, -0.15) is 5.10 Å². The average Bonchev–Trinajstić information content (AvgIpc) is 2.12. The fourth-order valence-corrected chi connectivity index (χ4v) is 0.428. The number of rotatable bonds is 1. The van der Waals surface area contributed by atoms with Gasteiger partial charge in [-0.05, 0) is 0 Å². The Hall–Kier alpha value is -1.20. The van der Waals surface area contributed by atoms with Crippen molar-refractivity contribution in [3.63, 3.8) is 0 Å². The molecule has 0 bridgehead atoms. The summed E-state index contributed by atoms with van der Waals surface area (Å²) in [5.41, 5.74) is 0. The monoisotopic (exact) mass is 152 g/mol. The maximum atomic E-state index is 11.4. The molecule has 0 aliphatic carbocycles. The number of ether oxygens (including phenoxy) is 1. The van der Waals surface area contributed by atoms with Crippen LogP contribution in [0.15, 0.2) is 12.4 Å². The van der Waals surface area contributed by atoms with Crippen LogP contribution in [0.5, 0.6) is 5.75 Å². The van der Waals surface area contributed by atoms with Gasteiger partial charge in [-0.1, -0.05) is 0 Å². The number of hydrogen-bond donors (Lipinski definition) is 1. The zero-order valence-electron chi connectivity index (χ0n) is 4.64. The van der Waals surface area contributed by atoms with Crippen molar-refractivity contribution in [2.75, 3.05) is 0 Å². The Morgan fingerprint density at radius 2 is 2.20 bits per heavy atom. The van der Waals surface area contributed by atoms with Gasteiger partial charge >= 0.3 is 6.36 Å². The molecule has 0 amide bonds. The fraction of sp³-hybridized carbons (Fsp3) is 0.250. The second-order valence-electron chi connectivity index (χ2n) is 1.48. The van der Waals surface area contributed by atoms with Gasteiger partial charge in [-0.15, -0.1) is 13.2 Å². The summed E-state index contributed by atoms with van der Waals surface area (Å²) in [6, 6.07) is 0. The zero-order chi connectivity index (χ0) is 7.61. The highest BCUT2D eigenvalue weighted by Gasteiger charge is 2.31. The summed E-state index contributed by atoms with van der Waals surface area (Å²) in [6.07, 6.45) is -2.69. The van der Waals surface area contributed by atoms with Crippen LogP contribution in [0.2, 0.25) is 0 Å². The van der Waals surface area contributed by atoms with Crippen LogP contribution in [-0.4, -0.2) is 16.6 Å². The average molecular weight is 152 g/mol. The van der Waals surface area contributed by atoms with E-state index in [1.807, 2.05) is 0 Å². The first-order valence-corrected chi connectivity index (χ1v) is 2.32. The maximum Gasteiger partial charge on any atom is 0.573 e. The zero-order valence-corrected chi connectivity index (χ0v) is 4.64. The lowest BCUT2D eigenvalue weighted by Gasteiger charge is -2.04. The lowest BCUT2D eigenvalue weighted by molar-refractivity contribution is -0.274. The molecule has 3 nitrogen and oxygen atoms in total. The fourth-order valence-electron chi connectivity index (χ4n) is 0.428. The SMILES string of the molecule is FC(F)(F)Oc1cn[nH]c1. The van der Waals surface area contributed by atoms with Gasteiger partial charge in [-0.3, -0.25) is 5.10 Å². The van der Waals surface area contributed by atoms with Crippen LogP contribution in [0.25, 0.3) is 0 Å². The van der Waals surface area contributed by atoms with Crippen LogP contribution >= 0.6 is 0 Å². The van der Waals surface area contributed by atoms with Gasteiger partial charge in [0.2, 0.25) is 0 Å². The lowest BCUT2D eigenvalue weighted by atomic mass is 10.7. The van der Waals surface area contributed by atoms with Crippen molar-refractivity contribution < 1.29 is 17.9 Å². The summed E-state index contributed by atoms with van der Waals surface area (Å²) < 4.78 is 37.5. The predicted molar refractivity (Wildman–Crippen MR) is 25.3 cm³/mol. The van der Waals surface area contributed by atoms with Crippen LogP contribution in [0.1, 0.15) is 0 Å². The normalized spacial score (nSPS) is 11.5. The van der Waals surface area contributed by atoms with Crippen molar-refractivity contribution in [3.8, 4) is 5.75 Å². The number of nitrogens with one attached hydrogen (secondary N) is 1.